The highest BCUT2D eigenvalue weighted by atomic mass is 32.2. The average Bonchev–Trinajstić information content (AvgIpc) is 2.90. The largest absolute Gasteiger partial charge is 0.316 e. The van der Waals surface area contributed by atoms with Gasteiger partial charge in [-0.05, 0) is 31.2 Å². The molecular weight excluding hydrogens is 358 g/mol. The number of anilines is 1. The molecule has 6 heteroatoms. The van der Waals surface area contributed by atoms with E-state index < -0.39 is 0 Å². The standard InChI is InChI=1S/C21H21N3O2S/c1-4-14-27-18-13-9-8-12-17(18)20(25)22-19-15(2)23(3)24(21(19)26)16-10-6-5-7-11-16/h4-13H,1,14H2,2-3H3,(H,22,25). The molecular formula is C21H21N3O2S. The molecule has 1 heterocycles. The quantitative estimate of drug-likeness (QED) is 0.520. The number of rotatable bonds is 6. The van der Waals surface area contributed by atoms with Crippen molar-refractivity contribution < 1.29 is 4.79 Å². The Morgan fingerprint density at radius 3 is 2.52 bits per heavy atom. The minimum atomic E-state index is -0.298. The van der Waals surface area contributed by atoms with Gasteiger partial charge in [0.25, 0.3) is 11.5 Å². The predicted octanol–water partition coefficient (Wildman–Crippen LogP) is 4.01. The van der Waals surface area contributed by atoms with E-state index in [1.165, 1.54) is 11.8 Å². The van der Waals surface area contributed by atoms with E-state index in [9.17, 15) is 9.59 Å². The zero-order chi connectivity index (χ0) is 19.4. The zero-order valence-electron chi connectivity index (χ0n) is 15.3. The van der Waals surface area contributed by atoms with Crippen molar-refractivity contribution in [3.05, 3.63) is 88.9 Å². The molecule has 138 valence electrons. The van der Waals surface area contributed by atoms with Crippen LogP contribution in [0.15, 0.2) is 76.9 Å². The molecule has 0 radical (unpaired) electrons. The Hall–Kier alpha value is -2.99. The van der Waals surface area contributed by atoms with E-state index in [1.54, 1.807) is 28.6 Å². The Morgan fingerprint density at radius 2 is 1.81 bits per heavy atom. The number of benzene rings is 2. The minimum absolute atomic E-state index is 0.259. The van der Waals surface area contributed by atoms with E-state index in [-0.39, 0.29) is 17.2 Å². The molecule has 0 bridgehead atoms. The number of carbonyl (C=O) groups excluding carboxylic acids is 1. The summed E-state index contributed by atoms with van der Waals surface area (Å²) in [6.45, 7) is 5.53. The summed E-state index contributed by atoms with van der Waals surface area (Å²) in [6, 6.07) is 16.7. The van der Waals surface area contributed by atoms with E-state index in [0.29, 0.717) is 17.0 Å². The molecule has 0 aliphatic carbocycles. The summed E-state index contributed by atoms with van der Waals surface area (Å²) in [5.74, 6) is 0.406. The van der Waals surface area contributed by atoms with E-state index in [0.717, 1.165) is 10.6 Å². The average molecular weight is 379 g/mol. The molecule has 0 unspecified atom stereocenters. The van der Waals surface area contributed by atoms with Gasteiger partial charge in [0.1, 0.15) is 5.69 Å². The fraction of sp³-hybridized carbons (Fsp3) is 0.143. The van der Waals surface area contributed by atoms with Gasteiger partial charge in [-0.2, -0.15) is 0 Å². The number of hydrogen-bond donors (Lipinski definition) is 1. The molecule has 1 aromatic heterocycles. The van der Waals surface area contributed by atoms with Gasteiger partial charge in [0, 0.05) is 17.7 Å². The van der Waals surface area contributed by atoms with Gasteiger partial charge in [-0.1, -0.05) is 36.4 Å². The van der Waals surface area contributed by atoms with Crippen LogP contribution in [0.2, 0.25) is 0 Å². The van der Waals surface area contributed by atoms with Crippen LogP contribution in [0.25, 0.3) is 5.69 Å². The second kappa shape index (κ2) is 8.14. The summed E-state index contributed by atoms with van der Waals surface area (Å²) in [6.07, 6.45) is 1.79. The van der Waals surface area contributed by atoms with Crippen LogP contribution >= 0.6 is 11.8 Å². The molecule has 3 rings (SSSR count). The lowest BCUT2D eigenvalue weighted by atomic mass is 10.2. The molecule has 0 saturated carbocycles. The maximum atomic E-state index is 12.9. The fourth-order valence-corrected chi connectivity index (χ4v) is 3.61. The third-order valence-corrected chi connectivity index (χ3v) is 5.35. The van der Waals surface area contributed by atoms with Gasteiger partial charge >= 0.3 is 0 Å². The molecule has 3 aromatic rings. The first-order valence-corrected chi connectivity index (χ1v) is 9.51. The summed E-state index contributed by atoms with van der Waals surface area (Å²) in [7, 11) is 1.80. The molecule has 0 atom stereocenters. The normalized spacial score (nSPS) is 10.6. The summed E-state index contributed by atoms with van der Waals surface area (Å²) in [5.41, 5.74) is 2.00. The van der Waals surface area contributed by atoms with Gasteiger partial charge in [-0.25, -0.2) is 4.68 Å². The van der Waals surface area contributed by atoms with Crippen LogP contribution in [-0.4, -0.2) is 21.0 Å². The number of nitrogens with zero attached hydrogens (tertiary/aromatic N) is 2. The Morgan fingerprint density at radius 1 is 1.15 bits per heavy atom. The third-order valence-electron chi connectivity index (χ3n) is 4.28. The number of para-hydroxylation sites is 1. The molecule has 0 saturated heterocycles. The Bertz CT molecular complexity index is 1040. The van der Waals surface area contributed by atoms with Gasteiger partial charge in [0.2, 0.25) is 0 Å². The van der Waals surface area contributed by atoms with Crippen molar-refractivity contribution in [1.82, 2.24) is 9.36 Å². The molecule has 27 heavy (non-hydrogen) atoms. The Balaban J connectivity index is 1.97. The van der Waals surface area contributed by atoms with E-state index >= 15 is 0 Å². The minimum Gasteiger partial charge on any atom is -0.316 e. The lowest BCUT2D eigenvalue weighted by Crippen LogP contribution is -2.23. The lowest BCUT2D eigenvalue weighted by Gasteiger charge is -2.08. The van der Waals surface area contributed by atoms with Gasteiger partial charge in [-0.15, -0.1) is 18.3 Å². The molecule has 2 aromatic carbocycles. The van der Waals surface area contributed by atoms with Crippen molar-refractivity contribution in [2.24, 2.45) is 7.05 Å². The van der Waals surface area contributed by atoms with E-state index in [1.807, 2.05) is 55.5 Å². The van der Waals surface area contributed by atoms with Gasteiger partial charge in [0.15, 0.2) is 0 Å². The van der Waals surface area contributed by atoms with E-state index in [4.69, 9.17) is 0 Å². The first-order chi connectivity index (χ1) is 13.0. The Kier molecular flexibility index (Phi) is 5.66. The summed E-state index contributed by atoms with van der Waals surface area (Å²) < 4.78 is 3.29. The highest BCUT2D eigenvalue weighted by molar-refractivity contribution is 7.99. The van der Waals surface area contributed by atoms with Crippen LogP contribution < -0.4 is 10.9 Å². The van der Waals surface area contributed by atoms with Crippen molar-refractivity contribution in [3.63, 3.8) is 0 Å². The van der Waals surface area contributed by atoms with Crippen molar-refractivity contribution >= 4 is 23.4 Å². The highest BCUT2D eigenvalue weighted by Crippen LogP contribution is 2.24. The summed E-state index contributed by atoms with van der Waals surface area (Å²) in [4.78, 5) is 26.6. The van der Waals surface area contributed by atoms with Gasteiger partial charge < -0.3 is 5.32 Å². The van der Waals surface area contributed by atoms with Crippen molar-refractivity contribution in [2.75, 3.05) is 11.1 Å². The first kappa shape index (κ1) is 18.8. The molecule has 0 spiro atoms. The van der Waals surface area contributed by atoms with Crippen LogP contribution in [0, 0.1) is 6.92 Å². The van der Waals surface area contributed by atoms with Crippen LogP contribution in [-0.2, 0) is 7.05 Å². The summed E-state index contributed by atoms with van der Waals surface area (Å²) in [5, 5.41) is 2.81. The predicted molar refractivity (Wildman–Crippen MR) is 111 cm³/mol. The SMILES string of the molecule is C=CCSc1ccccc1C(=O)Nc1c(C)n(C)n(-c2ccccc2)c1=O. The number of amides is 1. The maximum Gasteiger partial charge on any atom is 0.295 e. The highest BCUT2D eigenvalue weighted by Gasteiger charge is 2.20. The maximum absolute atomic E-state index is 12.9. The number of carbonyl (C=O) groups is 1. The topological polar surface area (TPSA) is 56.0 Å². The number of thioether (sulfide) groups is 1. The molecule has 0 fully saturated rings. The van der Waals surface area contributed by atoms with Crippen LogP contribution in [0.5, 0.6) is 0 Å². The van der Waals surface area contributed by atoms with Gasteiger partial charge in [-0.3, -0.25) is 14.3 Å². The molecule has 0 aliphatic rings. The van der Waals surface area contributed by atoms with E-state index in [2.05, 4.69) is 11.9 Å². The van der Waals surface area contributed by atoms with Crippen LogP contribution in [0.4, 0.5) is 5.69 Å². The van der Waals surface area contributed by atoms with Crippen molar-refractivity contribution in [3.8, 4) is 5.69 Å². The number of hydrogen-bond acceptors (Lipinski definition) is 3. The number of nitrogens with one attached hydrogen (secondary N) is 1. The van der Waals surface area contributed by atoms with Crippen molar-refractivity contribution in [2.45, 2.75) is 11.8 Å². The molecule has 5 nitrogen and oxygen atoms in total. The summed E-state index contributed by atoms with van der Waals surface area (Å²) >= 11 is 1.53. The third kappa shape index (κ3) is 3.75. The van der Waals surface area contributed by atoms with Crippen molar-refractivity contribution in [1.29, 1.82) is 0 Å². The molecule has 1 amide bonds. The second-order valence-corrected chi connectivity index (χ2v) is 7.05. The fourth-order valence-electron chi connectivity index (χ4n) is 2.82. The monoisotopic (exact) mass is 379 g/mol. The van der Waals surface area contributed by atoms with Crippen LogP contribution in [0.3, 0.4) is 0 Å². The molecule has 1 N–H and O–H groups in total. The zero-order valence-corrected chi connectivity index (χ0v) is 16.1. The first-order valence-electron chi connectivity index (χ1n) is 8.52. The lowest BCUT2D eigenvalue weighted by molar-refractivity contribution is 0.102. The molecule has 0 aliphatic heterocycles. The number of aromatic nitrogens is 2. The smallest absolute Gasteiger partial charge is 0.295 e. The Labute approximate surface area is 162 Å². The second-order valence-electron chi connectivity index (χ2n) is 5.99. The van der Waals surface area contributed by atoms with Crippen LogP contribution in [0.1, 0.15) is 16.1 Å². The van der Waals surface area contributed by atoms with Gasteiger partial charge in [0.05, 0.1) is 16.9 Å².